The summed E-state index contributed by atoms with van der Waals surface area (Å²) in [4.78, 5) is 25.6. The third-order valence-electron chi connectivity index (χ3n) is 4.28. The van der Waals surface area contributed by atoms with E-state index >= 15 is 0 Å². The molecule has 7 heteroatoms. The van der Waals surface area contributed by atoms with E-state index in [9.17, 15) is 9.59 Å². The van der Waals surface area contributed by atoms with Crippen molar-refractivity contribution < 1.29 is 14.3 Å². The molecule has 0 radical (unpaired) electrons. The van der Waals surface area contributed by atoms with E-state index in [0.29, 0.717) is 34.1 Å². The van der Waals surface area contributed by atoms with E-state index < -0.39 is 5.91 Å². The molecule has 3 aromatic rings. The van der Waals surface area contributed by atoms with Crippen molar-refractivity contribution in [2.24, 2.45) is 0 Å². The Hall–Kier alpha value is -2.99. The van der Waals surface area contributed by atoms with Gasteiger partial charge < -0.3 is 19.4 Å². The quantitative estimate of drug-likeness (QED) is 0.721. The molecular weight excluding hydrogens is 368 g/mol. The minimum Gasteiger partial charge on any atom is -0.497 e. The number of hydrogen-bond donors (Lipinski definition) is 1. The molecule has 2 aromatic carbocycles. The molecule has 1 aromatic heterocycles. The maximum absolute atomic E-state index is 12.9. The van der Waals surface area contributed by atoms with E-state index in [-0.39, 0.29) is 11.0 Å². The zero-order valence-electron chi connectivity index (χ0n) is 15.2. The highest BCUT2D eigenvalue weighted by molar-refractivity contribution is 6.32. The predicted molar refractivity (Wildman–Crippen MR) is 106 cm³/mol. The average molecular weight is 387 g/mol. The summed E-state index contributed by atoms with van der Waals surface area (Å²) in [6.45, 7) is 2.55. The number of benzene rings is 2. The number of aryl methyl sites for hydroxylation is 1. The molecule has 0 aliphatic rings. The second-order valence-corrected chi connectivity index (χ2v) is 6.25. The fraction of sp³-hybridized carbons (Fsp3) is 0.200. The first-order valence-corrected chi connectivity index (χ1v) is 8.72. The van der Waals surface area contributed by atoms with Crippen LogP contribution in [0.5, 0.6) is 11.5 Å². The number of ether oxygens (including phenoxy) is 2. The number of aromatic nitrogens is 1. The molecule has 6 nitrogen and oxygen atoms in total. The van der Waals surface area contributed by atoms with Crippen molar-refractivity contribution in [2.45, 2.75) is 13.5 Å². The van der Waals surface area contributed by atoms with Crippen LogP contribution in [0.15, 0.2) is 47.4 Å². The fourth-order valence-corrected chi connectivity index (χ4v) is 3.13. The second-order valence-electron chi connectivity index (χ2n) is 5.84. The maximum Gasteiger partial charge on any atom is 0.261 e. The number of hydrogen-bond acceptors (Lipinski definition) is 4. The number of methoxy groups -OCH3 is 2. The van der Waals surface area contributed by atoms with Gasteiger partial charge in [-0.3, -0.25) is 9.59 Å². The highest BCUT2D eigenvalue weighted by atomic mass is 35.5. The second kappa shape index (κ2) is 7.72. The van der Waals surface area contributed by atoms with Crippen LogP contribution >= 0.6 is 11.6 Å². The smallest absolute Gasteiger partial charge is 0.261 e. The zero-order valence-corrected chi connectivity index (χ0v) is 16.0. The zero-order chi connectivity index (χ0) is 19.6. The van der Waals surface area contributed by atoms with E-state index in [4.69, 9.17) is 21.1 Å². The van der Waals surface area contributed by atoms with E-state index in [0.717, 1.165) is 5.52 Å². The van der Waals surface area contributed by atoms with Gasteiger partial charge in [-0.2, -0.15) is 0 Å². The normalized spacial score (nSPS) is 10.7. The summed E-state index contributed by atoms with van der Waals surface area (Å²) in [6.07, 6.45) is 1.57. The lowest BCUT2D eigenvalue weighted by Gasteiger charge is -2.13. The minimum absolute atomic E-state index is 0.0459. The van der Waals surface area contributed by atoms with Crippen LogP contribution in [-0.2, 0) is 6.54 Å². The summed E-state index contributed by atoms with van der Waals surface area (Å²) in [5.41, 5.74) is 0.904. The van der Waals surface area contributed by atoms with E-state index in [1.165, 1.54) is 14.2 Å². The Bertz CT molecular complexity index is 1080. The van der Waals surface area contributed by atoms with E-state index in [1.807, 2.05) is 17.6 Å². The van der Waals surface area contributed by atoms with Gasteiger partial charge in [-0.1, -0.05) is 11.6 Å². The Morgan fingerprint density at radius 1 is 1.15 bits per heavy atom. The summed E-state index contributed by atoms with van der Waals surface area (Å²) in [5.74, 6) is 0.552. The largest absolute Gasteiger partial charge is 0.497 e. The maximum atomic E-state index is 12.9. The van der Waals surface area contributed by atoms with Gasteiger partial charge >= 0.3 is 0 Å². The Morgan fingerprint density at radius 3 is 2.56 bits per heavy atom. The Labute approximate surface area is 161 Å². The molecule has 27 heavy (non-hydrogen) atoms. The molecule has 1 heterocycles. The van der Waals surface area contributed by atoms with Crippen molar-refractivity contribution in [3.63, 3.8) is 0 Å². The molecule has 0 saturated carbocycles. The number of halogens is 1. The van der Waals surface area contributed by atoms with Gasteiger partial charge in [0.1, 0.15) is 17.1 Å². The first-order chi connectivity index (χ1) is 13.0. The standard InChI is InChI=1S/C20H19ClN2O4/c1-4-23-11-15(19(24)14-10-13(26-2)6-7-17(14)23)20(25)22-12-5-8-18(27-3)16(21)9-12/h5-11H,4H2,1-3H3,(H,22,25). The predicted octanol–water partition coefficient (Wildman–Crippen LogP) is 3.94. The van der Waals surface area contributed by atoms with E-state index in [1.54, 1.807) is 36.5 Å². The lowest BCUT2D eigenvalue weighted by Crippen LogP contribution is -2.24. The number of carbonyl (C=O) groups excluding carboxylic acids is 1. The number of fused-ring (bicyclic) bond motifs is 1. The number of rotatable bonds is 5. The third-order valence-corrected chi connectivity index (χ3v) is 4.58. The van der Waals surface area contributed by atoms with Crippen molar-refractivity contribution in [1.29, 1.82) is 0 Å². The molecule has 0 spiro atoms. The van der Waals surface area contributed by atoms with Crippen LogP contribution in [-0.4, -0.2) is 24.7 Å². The first kappa shape index (κ1) is 18.8. The molecule has 0 aliphatic carbocycles. The van der Waals surface area contributed by atoms with Crippen molar-refractivity contribution in [3.8, 4) is 11.5 Å². The lowest BCUT2D eigenvalue weighted by atomic mass is 10.1. The van der Waals surface area contributed by atoms with Gasteiger partial charge in [0.2, 0.25) is 5.43 Å². The van der Waals surface area contributed by atoms with Crippen LogP contribution in [0.3, 0.4) is 0 Å². The molecule has 0 saturated heterocycles. The lowest BCUT2D eigenvalue weighted by molar-refractivity contribution is 0.102. The van der Waals surface area contributed by atoms with Gasteiger partial charge in [0.05, 0.1) is 30.1 Å². The van der Waals surface area contributed by atoms with Gasteiger partial charge in [0.15, 0.2) is 0 Å². The monoisotopic (exact) mass is 386 g/mol. The number of nitrogens with zero attached hydrogens (tertiary/aromatic N) is 1. The van der Waals surface area contributed by atoms with Crippen LogP contribution in [0.2, 0.25) is 5.02 Å². The number of anilines is 1. The van der Waals surface area contributed by atoms with Crippen LogP contribution in [0.25, 0.3) is 10.9 Å². The number of amides is 1. The Kier molecular flexibility index (Phi) is 5.37. The topological polar surface area (TPSA) is 69.6 Å². The highest BCUT2D eigenvalue weighted by Gasteiger charge is 2.16. The fourth-order valence-electron chi connectivity index (χ4n) is 2.87. The molecule has 0 fully saturated rings. The molecule has 0 aliphatic heterocycles. The Balaban J connectivity index is 2.05. The van der Waals surface area contributed by atoms with Gasteiger partial charge in [-0.05, 0) is 43.3 Å². The van der Waals surface area contributed by atoms with Crippen LogP contribution in [0.1, 0.15) is 17.3 Å². The molecule has 1 N–H and O–H groups in total. The summed E-state index contributed by atoms with van der Waals surface area (Å²) >= 11 is 6.09. The van der Waals surface area contributed by atoms with Gasteiger partial charge in [-0.15, -0.1) is 0 Å². The third kappa shape index (κ3) is 3.61. The van der Waals surface area contributed by atoms with Crippen LogP contribution < -0.4 is 20.2 Å². The molecule has 0 atom stereocenters. The molecule has 3 rings (SSSR count). The molecule has 0 unspecified atom stereocenters. The molecular formula is C20H19ClN2O4. The summed E-state index contributed by atoms with van der Waals surface area (Å²) in [6, 6.07) is 10.1. The van der Waals surface area contributed by atoms with Crippen LogP contribution in [0.4, 0.5) is 5.69 Å². The van der Waals surface area contributed by atoms with E-state index in [2.05, 4.69) is 5.32 Å². The highest BCUT2D eigenvalue weighted by Crippen LogP contribution is 2.27. The molecule has 140 valence electrons. The first-order valence-electron chi connectivity index (χ1n) is 8.34. The number of pyridine rings is 1. The van der Waals surface area contributed by atoms with Crippen LogP contribution in [0, 0.1) is 0 Å². The Morgan fingerprint density at radius 2 is 1.93 bits per heavy atom. The number of carbonyl (C=O) groups is 1. The van der Waals surface area contributed by atoms with Gasteiger partial charge in [-0.25, -0.2) is 0 Å². The van der Waals surface area contributed by atoms with Crippen molar-refractivity contribution in [3.05, 3.63) is 63.4 Å². The minimum atomic E-state index is -0.506. The summed E-state index contributed by atoms with van der Waals surface area (Å²) in [7, 11) is 3.04. The molecule has 1 amide bonds. The van der Waals surface area contributed by atoms with Gasteiger partial charge in [0, 0.05) is 18.4 Å². The molecule has 0 bridgehead atoms. The summed E-state index contributed by atoms with van der Waals surface area (Å²) in [5, 5.41) is 3.50. The number of nitrogens with one attached hydrogen (secondary N) is 1. The SMILES string of the molecule is CCn1cc(C(=O)Nc2ccc(OC)c(Cl)c2)c(=O)c2cc(OC)ccc21. The van der Waals surface area contributed by atoms with Crippen molar-refractivity contribution in [2.75, 3.05) is 19.5 Å². The van der Waals surface area contributed by atoms with Gasteiger partial charge in [0.25, 0.3) is 5.91 Å². The van der Waals surface area contributed by atoms with Crippen molar-refractivity contribution >= 4 is 34.1 Å². The average Bonchev–Trinajstić information content (AvgIpc) is 2.68. The summed E-state index contributed by atoms with van der Waals surface area (Å²) < 4.78 is 12.2. The van der Waals surface area contributed by atoms with Crippen molar-refractivity contribution in [1.82, 2.24) is 4.57 Å².